The second-order valence-electron chi connectivity index (χ2n) is 9.46. The maximum atomic E-state index is 2.32. The summed E-state index contributed by atoms with van der Waals surface area (Å²) in [5.41, 5.74) is 4.12. The number of fused-ring (bicyclic) bond motifs is 1. The van der Waals surface area contributed by atoms with Crippen LogP contribution in [0.5, 0.6) is 0 Å². The van der Waals surface area contributed by atoms with Gasteiger partial charge in [-0.1, -0.05) is 106 Å². The Morgan fingerprint density at radius 3 is 1.87 bits per heavy atom. The Morgan fingerprint density at radius 1 is 0.500 bits per heavy atom. The van der Waals surface area contributed by atoms with Crippen LogP contribution < -0.4 is 0 Å². The quantitative estimate of drug-likeness (QED) is 0.249. The van der Waals surface area contributed by atoms with E-state index in [1.165, 1.54) is 59.8 Å². The summed E-state index contributed by atoms with van der Waals surface area (Å²) in [6, 6.07) is 33.8. The fraction of sp³-hybridized carbons (Fsp3) is 0.133. The highest BCUT2D eigenvalue weighted by atomic mass is 14.2. The van der Waals surface area contributed by atoms with Crippen molar-refractivity contribution < 1.29 is 0 Å². The van der Waals surface area contributed by atoms with Crippen LogP contribution in [0.1, 0.15) is 26.3 Å². The van der Waals surface area contributed by atoms with E-state index in [1.54, 1.807) is 0 Å². The van der Waals surface area contributed by atoms with Crippen LogP contribution in [0.3, 0.4) is 0 Å². The Morgan fingerprint density at radius 2 is 1.10 bits per heavy atom. The third kappa shape index (κ3) is 2.47. The summed E-state index contributed by atoms with van der Waals surface area (Å²) in [6.45, 7) is 6.92. The monoisotopic (exact) mass is 384 g/mol. The lowest BCUT2D eigenvalue weighted by Crippen LogP contribution is -2.11. The van der Waals surface area contributed by atoms with Gasteiger partial charge >= 0.3 is 0 Å². The van der Waals surface area contributed by atoms with E-state index >= 15 is 0 Å². The molecule has 0 heteroatoms. The molecule has 0 aliphatic rings. The number of hydrogen-bond donors (Lipinski definition) is 0. The fourth-order valence-corrected chi connectivity index (χ4v) is 5.06. The number of rotatable bonds is 1. The van der Waals surface area contributed by atoms with Gasteiger partial charge in [0.15, 0.2) is 0 Å². The molecule has 0 amide bonds. The molecule has 0 radical (unpaired) electrons. The molecule has 144 valence electrons. The van der Waals surface area contributed by atoms with Crippen molar-refractivity contribution in [3.05, 3.63) is 96.6 Å². The third-order valence-electron chi connectivity index (χ3n) is 6.53. The molecule has 6 aromatic carbocycles. The van der Waals surface area contributed by atoms with Gasteiger partial charge in [-0.3, -0.25) is 0 Å². The molecule has 0 aliphatic carbocycles. The van der Waals surface area contributed by atoms with Crippen LogP contribution in [-0.4, -0.2) is 0 Å². The van der Waals surface area contributed by atoms with Crippen LogP contribution in [0.25, 0.3) is 54.2 Å². The van der Waals surface area contributed by atoms with Crippen LogP contribution in [0.15, 0.2) is 91.0 Å². The Bertz CT molecular complexity index is 1560. The molecule has 0 saturated carbocycles. The molecule has 0 aromatic heterocycles. The average molecular weight is 385 g/mol. The van der Waals surface area contributed by atoms with Gasteiger partial charge in [0.25, 0.3) is 0 Å². The van der Waals surface area contributed by atoms with Crippen molar-refractivity contribution in [1.82, 2.24) is 0 Å². The van der Waals surface area contributed by atoms with Gasteiger partial charge in [0, 0.05) is 0 Å². The average Bonchev–Trinajstić information content (AvgIpc) is 2.76. The van der Waals surface area contributed by atoms with Crippen LogP contribution in [0.4, 0.5) is 0 Å². The molecule has 0 fully saturated rings. The van der Waals surface area contributed by atoms with Crippen molar-refractivity contribution in [1.29, 1.82) is 0 Å². The minimum absolute atomic E-state index is 0.115. The smallest absolute Gasteiger partial charge is 0.00205 e. The highest BCUT2D eigenvalue weighted by molar-refractivity contribution is 6.26. The lowest BCUT2D eigenvalue weighted by Gasteiger charge is -2.23. The third-order valence-corrected chi connectivity index (χ3v) is 6.53. The maximum Gasteiger partial charge on any atom is -0.00205 e. The topological polar surface area (TPSA) is 0 Å². The molecule has 30 heavy (non-hydrogen) atoms. The fourth-order valence-electron chi connectivity index (χ4n) is 5.06. The summed E-state index contributed by atoms with van der Waals surface area (Å²) >= 11 is 0. The van der Waals surface area contributed by atoms with Crippen LogP contribution in [-0.2, 0) is 5.41 Å². The van der Waals surface area contributed by atoms with Gasteiger partial charge in [-0.2, -0.15) is 0 Å². The Kier molecular flexibility index (Phi) is 3.53. The van der Waals surface area contributed by atoms with Gasteiger partial charge in [0.2, 0.25) is 0 Å². The first-order valence-electron chi connectivity index (χ1n) is 10.7. The maximum absolute atomic E-state index is 2.32. The van der Waals surface area contributed by atoms with Crippen molar-refractivity contribution >= 4 is 43.1 Å². The predicted molar refractivity (Wildman–Crippen MR) is 132 cm³/mol. The van der Waals surface area contributed by atoms with E-state index < -0.39 is 0 Å². The molecule has 0 spiro atoms. The molecule has 0 N–H and O–H groups in total. The first-order chi connectivity index (χ1) is 14.5. The SMILES string of the molecule is CC(C)(C)c1ccc2ccc3c(-c4ccc5ccccc5c4)ccc4ccc1c2c43. The molecule has 0 heterocycles. The molecule has 0 aliphatic heterocycles. The molecule has 0 nitrogen and oxygen atoms in total. The minimum Gasteiger partial charge on any atom is -0.0616 e. The number of benzene rings is 6. The van der Waals surface area contributed by atoms with E-state index in [9.17, 15) is 0 Å². The molecule has 6 aromatic rings. The van der Waals surface area contributed by atoms with Crippen molar-refractivity contribution in [3.8, 4) is 11.1 Å². The van der Waals surface area contributed by atoms with E-state index in [0.29, 0.717) is 0 Å². The Hall–Kier alpha value is -3.38. The van der Waals surface area contributed by atoms with E-state index in [4.69, 9.17) is 0 Å². The zero-order chi connectivity index (χ0) is 20.5. The molecular formula is C30H24. The Labute approximate surface area is 177 Å². The summed E-state index contributed by atoms with van der Waals surface area (Å²) in [7, 11) is 0. The molecule has 0 atom stereocenters. The van der Waals surface area contributed by atoms with Crippen LogP contribution in [0.2, 0.25) is 0 Å². The van der Waals surface area contributed by atoms with Crippen molar-refractivity contribution in [2.45, 2.75) is 26.2 Å². The van der Waals surface area contributed by atoms with Crippen molar-refractivity contribution in [3.63, 3.8) is 0 Å². The second kappa shape index (κ2) is 6.06. The van der Waals surface area contributed by atoms with Gasteiger partial charge in [-0.25, -0.2) is 0 Å². The van der Waals surface area contributed by atoms with Gasteiger partial charge in [-0.15, -0.1) is 0 Å². The van der Waals surface area contributed by atoms with Gasteiger partial charge in [0.05, 0.1) is 0 Å². The highest BCUT2D eigenvalue weighted by Gasteiger charge is 2.20. The predicted octanol–water partition coefficient (Wildman–Crippen LogP) is 8.70. The van der Waals surface area contributed by atoms with Gasteiger partial charge < -0.3 is 0 Å². The second-order valence-corrected chi connectivity index (χ2v) is 9.46. The molecule has 0 bridgehead atoms. The van der Waals surface area contributed by atoms with E-state index in [1.807, 2.05) is 0 Å². The zero-order valence-electron chi connectivity index (χ0n) is 17.7. The van der Waals surface area contributed by atoms with Crippen molar-refractivity contribution in [2.24, 2.45) is 0 Å². The summed E-state index contributed by atoms with van der Waals surface area (Å²) in [6.07, 6.45) is 0. The normalized spacial score (nSPS) is 12.5. The first-order valence-corrected chi connectivity index (χ1v) is 10.7. The molecule has 6 rings (SSSR count). The molecule has 0 unspecified atom stereocenters. The summed E-state index contributed by atoms with van der Waals surface area (Å²) < 4.78 is 0. The lowest BCUT2D eigenvalue weighted by molar-refractivity contribution is 0.596. The summed E-state index contributed by atoms with van der Waals surface area (Å²) in [5, 5.41) is 10.7. The van der Waals surface area contributed by atoms with E-state index in [-0.39, 0.29) is 5.41 Å². The zero-order valence-corrected chi connectivity index (χ0v) is 17.7. The van der Waals surface area contributed by atoms with Crippen molar-refractivity contribution in [2.75, 3.05) is 0 Å². The van der Waals surface area contributed by atoms with Crippen LogP contribution in [0, 0.1) is 0 Å². The highest BCUT2D eigenvalue weighted by Crippen LogP contribution is 2.42. The standard InChI is InChI=1S/C30H24/c1-30(2,3)27-17-13-21-11-15-25-24(14-10-20-12-16-26(27)29(21)28(20)25)23-9-8-19-6-4-5-7-22(19)18-23/h4-18H,1-3H3. The molecule has 0 saturated heterocycles. The van der Waals surface area contributed by atoms with Gasteiger partial charge in [0.1, 0.15) is 0 Å². The van der Waals surface area contributed by atoms with Crippen LogP contribution >= 0.6 is 0 Å². The number of hydrogen-bond acceptors (Lipinski definition) is 0. The summed E-state index contributed by atoms with van der Waals surface area (Å²) in [4.78, 5) is 0. The Balaban J connectivity index is 1.72. The first kappa shape index (κ1) is 17.5. The lowest BCUT2D eigenvalue weighted by atomic mass is 9.81. The minimum atomic E-state index is 0.115. The van der Waals surface area contributed by atoms with Gasteiger partial charge in [-0.05, 0) is 71.3 Å². The molecular weight excluding hydrogens is 360 g/mol. The van der Waals surface area contributed by atoms with E-state index in [2.05, 4.69) is 112 Å². The van der Waals surface area contributed by atoms with E-state index in [0.717, 1.165) is 0 Å². The summed E-state index contributed by atoms with van der Waals surface area (Å²) in [5.74, 6) is 0. The largest absolute Gasteiger partial charge is 0.0616 e.